The summed E-state index contributed by atoms with van der Waals surface area (Å²) in [6.45, 7) is 3.66. The highest BCUT2D eigenvalue weighted by molar-refractivity contribution is 5.41. The van der Waals surface area contributed by atoms with Gasteiger partial charge in [-0.25, -0.2) is 8.78 Å². The summed E-state index contributed by atoms with van der Waals surface area (Å²) in [6, 6.07) is 8.63. The summed E-state index contributed by atoms with van der Waals surface area (Å²) in [5, 5.41) is 0. The van der Waals surface area contributed by atoms with Gasteiger partial charge in [-0.05, 0) is 60.4 Å². The van der Waals surface area contributed by atoms with E-state index in [4.69, 9.17) is 5.73 Å². The van der Waals surface area contributed by atoms with Crippen LogP contribution < -0.4 is 5.73 Å². The number of hydrogen-bond acceptors (Lipinski definition) is 1. The van der Waals surface area contributed by atoms with E-state index in [1.54, 1.807) is 12.1 Å². The van der Waals surface area contributed by atoms with E-state index in [0.29, 0.717) is 0 Å². The zero-order valence-electron chi connectivity index (χ0n) is 10.4. The molecule has 1 atom stereocenters. The molecular formula is C15H15F2N. The van der Waals surface area contributed by atoms with Crippen molar-refractivity contribution in [3.05, 3.63) is 70.3 Å². The number of halogens is 2. The maximum Gasteiger partial charge on any atom is 0.123 e. The fourth-order valence-electron chi connectivity index (χ4n) is 2.25. The summed E-state index contributed by atoms with van der Waals surface area (Å²) in [5.74, 6) is -0.557. The van der Waals surface area contributed by atoms with Crippen molar-refractivity contribution in [2.45, 2.75) is 19.9 Å². The quantitative estimate of drug-likeness (QED) is 0.861. The summed E-state index contributed by atoms with van der Waals surface area (Å²) < 4.78 is 26.1. The van der Waals surface area contributed by atoms with Crippen LogP contribution in [0.2, 0.25) is 0 Å². The van der Waals surface area contributed by atoms with Crippen molar-refractivity contribution in [3.8, 4) is 0 Å². The summed E-state index contributed by atoms with van der Waals surface area (Å²) in [5.41, 5.74) is 9.50. The minimum atomic E-state index is -0.369. The Kier molecular flexibility index (Phi) is 3.43. The average molecular weight is 247 g/mol. The third-order valence-corrected chi connectivity index (χ3v) is 3.10. The monoisotopic (exact) mass is 247 g/mol. The molecule has 0 aromatic heterocycles. The summed E-state index contributed by atoms with van der Waals surface area (Å²) in [7, 11) is 0. The molecule has 0 saturated heterocycles. The molecular weight excluding hydrogens is 232 g/mol. The Labute approximate surface area is 105 Å². The smallest absolute Gasteiger partial charge is 0.123 e. The van der Waals surface area contributed by atoms with Crippen LogP contribution in [0.25, 0.3) is 0 Å². The summed E-state index contributed by atoms with van der Waals surface area (Å²) in [4.78, 5) is 0. The van der Waals surface area contributed by atoms with E-state index in [1.807, 2.05) is 13.8 Å². The number of benzene rings is 2. The molecule has 3 heteroatoms. The minimum absolute atomic E-state index is 0.264. The first kappa shape index (κ1) is 12.7. The Morgan fingerprint density at radius 2 is 1.39 bits per heavy atom. The van der Waals surface area contributed by atoms with Gasteiger partial charge in [-0.2, -0.15) is 0 Å². The molecule has 2 aromatic carbocycles. The van der Waals surface area contributed by atoms with Gasteiger partial charge in [0.1, 0.15) is 11.6 Å². The number of aryl methyl sites for hydroxylation is 2. The molecule has 2 aromatic rings. The molecule has 18 heavy (non-hydrogen) atoms. The van der Waals surface area contributed by atoms with E-state index >= 15 is 0 Å². The van der Waals surface area contributed by atoms with Crippen LogP contribution in [0.15, 0.2) is 36.4 Å². The molecule has 2 rings (SSSR count). The Balaban J connectivity index is 2.46. The largest absolute Gasteiger partial charge is 0.320 e. The second kappa shape index (κ2) is 4.86. The third-order valence-electron chi connectivity index (χ3n) is 3.10. The van der Waals surface area contributed by atoms with Crippen molar-refractivity contribution in [2.24, 2.45) is 5.73 Å². The standard InChI is InChI=1S/C15H15F2N/c1-9-7-13(17)8-10(2)14(9)15(18)11-3-5-12(16)6-4-11/h3-8,15H,18H2,1-2H3. The lowest BCUT2D eigenvalue weighted by Crippen LogP contribution is -2.15. The molecule has 94 valence electrons. The first-order valence-electron chi connectivity index (χ1n) is 5.76. The zero-order valence-corrected chi connectivity index (χ0v) is 10.4. The average Bonchev–Trinajstić information content (AvgIpc) is 2.28. The normalized spacial score (nSPS) is 12.5. The van der Waals surface area contributed by atoms with Crippen LogP contribution in [0.5, 0.6) is 0 Å². The van der Waals surface area contributed by atoms with Crippen molar-refractivity contribution in [3.63, 3.8) is 0 Å². The van der Waals surface area contributed by atoms with Gasteiger partial charge in [0.05, 0.1) is 6.04 Å². The number of hydrogen-bond donors (Lipinski definition) is 1. The lowest BCUT2D eigenvalue weighted by atomic mass is 9.92. The molecule has 0 radical (unpaired) electrons. The second-order valence-electron chi connectivity index (χ2n) is 4.48. The first-order chi connectivity index (χ1) is 8.49. The predicted octanol–water partition coefficient (Wildman–Crippen LogP) is 3.63. The van der Waals surface area contributed by atoms with Gasteiger partial charge in [-0.15, -0.1) is 0 Å². The van der Waals surface area contributed by atoms with E-state index in [2.05, 4.69) is 0 Å². The van der Waals surface area contributed by atoms with Crippen molar-refractivity contribution in [1.82, 2.24) is 0 Å². The Hall–Kier alpha value is -1.74. The molecule has 0 saturated carbocycles. The van der Waals surface area contributed by atoms with Crippen LogP contribution in [0.1, 0.15) is 28.3 Å². The number of rotatable bonds is 2. The first-order valence-corrected chi connectivity index (χ1v) is 5.76. The van der Waals surface area contributed by atoms with Crippen LogP contribution in [-0.2, 0) is 0 Å². The minimum Gasteiger partial charge on any atom is -0.320 e. The lowest BCUT2D eigenvalue weighted by Gasteiger charge is -2.18. The Bertz CT molecular complexity index is 538. The summed E-state index contributed by atoms with van der Waals surface area (Å²) in [6.07, 6.45) is 0. The van der Waals surface area contributed by atoms with E-state index in [1.165, 1.54) is 24.3 Å². The molecule has 0 aliphatic rings. The second-order valence-corrected chi connectivity index (χ2v) is 4.48. The van der Waals surface area contributed by atoms with Gasteiger partial charge in [0.15, 0.2) is 0 Å². The highest BCUT2D eigenvalue weighted by atomic mass is 19.1. The fourth-order valence-corrected chi connectivity index (χ4v) is 2.25. The van der Waals surface area contributed by atoms with Gasteiger partial charge in [0.25, 0.3) is 0 Å². The van der Waals surface area contributed by atoms with Crippen molar-refractivity contribution in [2.75, 3.05) is 0 Å². The van der Waals surface area contributed by atoms with Crippen LogP contribution in [0.4, 0.5) is 8.78 Å². The van der Waals surface area contributed by atoms with Gasteiger partial charge < -0.3 is 5.73 Å². The molecule has 0 amide bonds. The van der Waals surface area contributed by atoms with Gasteiger partial charge in [-0.1, -0.05) is 12.1 Å². The molecule has 0 aliphatic carbocycles. The summed E-state index contributed by atoms with van der Waals surface area (Å²) >= 11 is 0. The van der Waals surface area contributed by atoms with Crippen LogP contribution >= 0.6 is 0 Å². The van der Waals surface area contributed by atoms with Gasteiger partial charge in [0.2, 0.25) is 0 Å². The van der Waals surface area contributed by atoms with Crippen LogP contribution in [0.3, 0.4) is 0 Å². The Morgan fingerprint density at radius 3 is 1.89 bits per heavy atom. The van der Waals surface area contributed by atoms with E-state index < -0.39 is 0 Å². The van der Waals surface area contributed by atoms with Gasteiger partial charge in [0, 0.05) is 0 Å². The topological polar surface area (TPSA) is 26.0 Å². The maximum absolute atomic E-state index is 13.2. The van der Waals surface area contributed by atoms with Gasteiger partial charge >= 0.3 is 0 Å². The maximum atomic E-state index is 13.2. The van der Waals surface area contributed by atoms with Crippen molar-refractivity contribution >= 4 is 0 Å². The van der Waals surface area contributed by atoms with Crippen molar-refractivity contribution in [1.29, 1.82) is 0 Å². The molecule has 0 aliphatic heterocycles. The molecule has 0 fully saturated rings. The van der Waals surface area contributed by atoms with Crippen LogP contribution in [0, 0.1) is 25.5 Å². The van der Waals surface area contributed by atoms with Gasteiger partial charge in [-0.3, -0.25) is 0 Å². The molecule has 0 bridgehead atoms. The van der Waals surface area contributed by atoms with E-state index in [0.717, 1.165) is 22.3 Å². The van der Waals surface area contributed by atoms with Crippen LogP contribution in [-0.4, -0.2) is 0 Å². The molecule has 0 spiro atoms. The fraction of sp³-hybridized carbons (Fsp3) is 0.200. The SMILES string of the molecule is Cc1cc(F)cc(C)c1C(N)c1ccc(F)cc1. The molecule has 0 heterocycles. The highest BCUT2D eigenvalue weighted by Crippen LogP contribution is 2.26. The van der Waals surface area contributed by atoms with E-state index in [9.17, 15) is 8.78 Å². The molecule has 2 N–H and O–H groups in total. The Morgan fingerprint density at radius 1 is 0.889 bits per heavy atom. The van der Waals surface area contributed by atoms with Crippen molar-refractivity contribution < 1.29 is 8.78 Å². The third kappa shape index (κ3) is 2.41. The zero-order chi connectivity index (χ0) is 13.3. The molecule has 1 unspecified atom stereocenters. The molecule has 1 nitrogen and oxygen atoms in total. The predicted molar refractivity (Wildman–Crippen MR) is 68.3 cm³/mol. The lowest BCUT2D eigenvalue weighted by molar-refractivity contribution is 0.622. The highest BCUT2D eigenvalue weighted by Gasteiger charge is 2.15. The number of nitrogens with two attached hydrogens (primary N) is 1. The van der Waals surface area contributed by atoms with E-state index in [-0.39, 0.29) is 17.7 Å².